The monoisotopic (exact) mass is 231 g/mol. The van der Waals surface area contributed by atoms with Crippen molar-refractivity contribution >= 4 is 10.0 Å². The van der Waals surface area contributed by atoms with Gasteiger partial charge in [-0.05, 0) is 20.8 Å². The van der Waals surface area contributed by atoms with E-state index in [0.717, 1.165) is 6.54 Å². The van der Waals surface area contributed by atoms with Gasteiger partial charge in [0.1, 0.15) is 11.6 Å². The lowest BCUT2D eigenvalue weighted by atomic mass is 10.4. The van der Waals surface area contributed by atoms with E-state index in [1.807, 2.05) is 11.5 Å². The Balaban J connectivity index is 2.77. The van der Waals surface area contributed by atoms with E-state index < -0.39 is 10.0 Å². The van der Waals surface area contributed by atoms with E-state index in [-0.39, 0.29) is 11.8 Å². The van der Waals surface area contributed by atoms with Crippen LogP contribution in [0.25, 0.3) is 0 Å². The van der Waals surface area contributed by atoms with Crippen molar-refractivity contribution < 1.29 is 8.42 Å². The zero-order chi connectivity index (χ0) is 11.5. The number of aryl methyl sites for hydroxylation is 1. The molecule has 0 fully saturated rings. The molecule has 0 aliphatic rings. The Morgan fingerprint density at radius 3 is 2.73 bits per heavy atom. The first-order chi connectivity index (χ1) is 6.94. The maximum atomic E-state index is 11.6. The first-order valence-corrected chi connectivity index (χ1v) is 6.60. The average molecular weight is 231 g/mol. The molecule has 0 aliphatic heterocycles. The van der Waals surface area contributed by atoms with Gasteiger partial charge in [0.15, 0.2) is 0 Å². The zero-order valence-corrected chi connectivity index (χ0v) is 10.1. The predicted octanol–water partition coefficient (Wildman–Crippen LogP) is 0.731. The van der Waals surface area contributed by atoms with Crippen molar-refractivity contribution in [3.63, 3.8) is 0 Å². The Morgan fingerprint density at radius 2 is 2.20 bits per heavy atom. The van der Waals surface area contributed by atoms with E-state index in [4.69, 9.17) is 0 Å². The van der Waals surface area contributed by atoms with E-state index in [1.165, 1.54) is 0 Å². The molecule has 1 aromatic rings. The van der Waals surface area contributed by atoms with Crippen LogP contribution in [-0.2, 0) is 22.3 Å². The Morgan fingerprint density at radius 1 is 1.53 bits per heavy atom. The van der Waals surface area contributed by atoms with Gasteiger partial charge in [0.2, 0.25) is 10.0 Å². The number of aromatic nitrogens is 2. The summed E-state index contributed by atoms with van der Waals surface area (Å²) >= 11 is 0. The highest BCUT2D eigenvalue weighted by Gasteiger charge is 2.15. The van der Waals surface area contributed by atoms with E-state index in [1.54, 1.807) is 26.2 Å². The van der Waals surface area contributed by atoms with Crippen LogP contribution in [0.2, 0.25) is 0 Å². The summed E-state index contributed by atoms with van der Waals surface area (Å²) in [7, 11) is -3.27. The van der Waals surface area contributed by atoms with Crippen LogP contribution in [0.3, 0.4) is 0 Å². The third kappa shape index (κ3) is 3.64. The topological polar surface area (TPSA) is 64.0 Å². The van der Waals surface area contributed by atoms with Crippen molar-refractivity contribution in [1.82, 2.24) is 14.3 Å². The average Bonchev–Trinajstić information content (AvgIpc) is 2.48. The Labute approximate surface area is 90.6 Å². The molecule has 0 aromatic carbocycles. The van der Waals surface area contributed by atoms with Gasteiger partial charge in [-0.25, -0.2) is 18.1 Å². The minimum absolute atomic E-state index is 0.0635. The van der Waals surface area contributed by atoms with Crippen molar-refractivity contribution in [3.05, 3.63) is 18.2 Å². The van der Waals surface area contributed by atoms with E-state index >= 15 is 0 Å². The maximum Gasteiger partial charge on any atom is 0.219 e. The molecule has 0 bridgehead atoms. The smallest absolute Gasteiger partial charge is 0.219 e. The number of nitrogens with zero attached hydrogens (tertiary/aromatic N) is 2. The molecular weight excluding hydrogens is 214 g/mol. The predicted molar refractivity (Wildman–Crippen MR) is 58.8 cm³/mol. The first-order valence-electron chi connectivity index (χ1n) is 4.94. The van der Waals surface area contributed by atoms with Gasteiger partial charge in [-0.1, -0.05) is 0 Å². The molecule has 0 amide bonds. The van der Waals surface area contributed by atoms with Crippen LogP contribution in [-0.4, -0.2) is 24.0 Å². The van der Waals surface area contributed by atoms with Gasteiger partial charge in [-0.15, -0.1) is 0 Å². The number of rotatable bonds is 5. The number of nitrogens with one attached hydrogen (secondary N) is 1. The van der Waals surface area contributed by atoms with Crippen LogP contribution in [0.4, 0.5) is 0 Å². The van der Waals surface area contributed by atoms with Gasteiger partial charge >= 0.3 is 0 Å². The van der Waals surface area contributed by atoms with Gasteiger partial charge in [-0.2, -0.15) is 0 Å². The number of sulfonamides is 1. The molecular formula is C9H17N3O2S. The summed E-state index contributed by atoms with van der Waals surface area (Å²) in [5, 5.41) is 0. The summed E-state index contributed by atoms with van der Waals surface area (Å²) in [6, 6.07) is -0.0833. The number of hydrogen-bond donors (Lipinski definition) is 1. The molecule has 15 heavy (non-hydrogen) atoms. The lowest BCUT2D eigenvalue weighted by molar-refractivity contribution is 0.565. The Hall–Kier alpha value is -0.880. The summed E-state index contributed by atoms with van der Waals surface area (Å²) in [5.74, 6) is 0.511. The standard InChI is InChI=1S/C9H17N3O2S/c1-4-12-6-5-10-9(12)7-15(13,14)11-8(2)3/h5-6,8,11H,4,7H2,1-3H3. The number of hydrogen-bond acceptors (Lipinski definition) is 3. The summed E-state index contributed by atoms with van der Waals surface area (Å²) in [6.45, 7) is 6.27. The van der Waals surface area contributed by atoms with Gasteiger partial charge in [-0.3, -0.25) is 0 Å². The normalized spacial score (nSPS) is 12.3. The van der Waals surface area contributed by atoms with Gasteiger partial charge in [0, 0.05) is 25.0 Å². The van der Waals surface area contributed by atoms with Crippen LogP contribution < -0.4 is 4.72 Å². The molecule has 1 N–H and O–H groups in total. The SMILES string of the molecule is CCn1ccnc1CS(=O)(=O)NC(C)C. The van der Waals surface area contributed by atoms with Gasteiger partial charge < -0.3 is 4.57 Å². The first kappa shape index (κ1) is 12.2. The minimum Gasteiger partial charge on any atom is -0.334 e. The third-order valence-corrected chi connectivity index (χ3v) is 3.35. The molecule has 0 unspecified atom stereocenters. The molecule has 0 saturated carbocycles. The van der Waals surface area contributed by atoms with E-state index in [2.05, 4.69) is 9.71 Å². The van der Waals surface area contributed by atoms with E-state index in [0.29, 0.717) is 5.82 Å². The molecule has 1 heterocycles. The molecule has 0 radical (unpaired) electrons. The molecule has 1 rings (SSSR count). The maximum absolute atomic E-state index is 11.6. The van der Waals surface area contributed by atoms with Crippen molar-refractivity contribution in [2.24, 2.45) is 0 Å². The molecule has 6 heteroatoms. The quantitative estimate of drug-likeness (QED) is 0.812. The molecule has 5 nitrogen and oxygen atoms in total. The highest BCUT2D eigenvalue weighted by molar-refractivity contribution is 7.88. The Bertz CT molecular complexity index is 409. The van der Waals surface area contributed by atoms with Gasteiger partial charge in [0.05, 0.1) is 0 Å². The highest BCUT2D eigenvalue weighted by atomic mass is 32.2. The molecule has 0 aliphatic carbocycles. The fraction of sp³-hybridized carbons (Fsp3) is 0.667. The Kier molecular flexibility index (Phi) is 3.87. The van der Waals surface area contributed by atoms with Crippen molar-refractivity contribution in [2.75, 3.05) is 0 Å². The third-order valence-electron chi connectivity index (χ3n) is 1.88. The fourth-order valence-electron chi connectivity index (χ4n) is 1.34. The largest absolute Gasteiger partial charge is 0.334 e. The van der Waals surface area contributed by atoms with Gasteiger partial charge in [0.25, 0.3) is 0 Å². The molecule has 86 valence electrons. The molecule has 0 spiro atoms. The van der Waals surface area contributed by atoms with Crippen LogP contribution in [0.1, 0.15) is 26.6 Å². The van der Waals surface area contributed by atoms with E-state index in [9.17, 15) is 8.42 Å². The van der Waals surface area contributed by atoms with Crippen LogP contribution in [0.15, 0.2) is 12.4 Å². The molecule has 0 atom stereocenters. The number of imidazole rings is 1. The lowest BCUT2D eigenvalue weighted by Gasteiger charge is -2.09. The minimum atomic E-state index is -3.27. The summed E-state index contributed by atoms with van der Waals surface area (Å²) in [5.41, 5.74) is 0. The molecule has 0 saturated heterocycles. The zero-order valence-electron chi connectivity index (χ0n) is 9.27. The summed E-state index contributed by atoms with van der Waals surface area (Å²) in [4.78, 5) is 4.02. The van der Waals surface area contributed by atoms with Crippen LogP contribution in [0, 0.1) is 0 Å². The second-order valence-corrected chi connectivity index (χ2v) is 5.41. The fourth-order valence-corrected chi connectivity index (χ4v) is 2.72. The second kappa shape index (κ2) is 4.76. The summed E-state index contributed by atoms with van der Waals surface area (Å²) < 4.78 is 27.6. The van der Waals surface area contributed by atoms with Crippen molar-refractivity contribution in [3.8, 4) is 0 Å². The molecule has 1 aromatic heterocycles. The van der Waals surface area contributed by atoms with Crippen molar-refractivity contribution in [1.29, 1.82) is 0 Å². The van der Waals surface area contributed by atoms with Crippen molar-refractivity contribution in [2.45, 2.75) is 39.1 Å². The lowest BCUT2D eigenvalue weighted by Crippen LogP contribution is -2.32. The van der Waals surface area contributed by atoms with Crippen LogP contribution in [0.5, 0.6) is 0 Å². The summed E-state index contributed by atoms with van der Waals surface area (Å²) in [6.07, 6.45) is 3.39. The highest BCUT2D eigenvalue weighted by Crippen LogP contribution is 2.03. The second-order valence-electron chi connectivity index (χ2n) is 3.66. The van der Waals surface area contributed by atoms with Crippen LogP contribution >= 0.6 is 0 Å².